The summed E-state index contributed by atoms with van der Waals surface area (Å²) in [6.07, 6.45) is 2.36. The Labute approximate surface area is 146 Å². The number of rotatable bonds is 4. The van der Waals surface area contributed by atoms with Crippen LogP contribution in [-0.4, -0.2) is 34.8 Å². The van der Waals surface area contributed by atoms with Crippen molar-refractivity contribution >= 4 is 39.3 Å². The number of anilines is 1. The van der Waals surface area contributed by atoms with Crippen LogP contribution in [0, 0.1) is 0 Å². The molecule has 2 aromatic carbocycles. The molecule has 4 rings (SSSR count). The number of carbonyl (C=O) groups is 2. The van der Waals surface area contributed by atoms with Gasteiger partial charge in [-0.1, -0.05) is 31.2 Å². The molecular weight excluding hydrogens is 314 g/mol. The highest BCUT2D eigenvalue weighted by Crippen LogP contribution is 2.29. The van der Waals surface area contributed by atoms with Crippen LogP contribution in [0.5, 0.6) is 0 Å². The largest absolute Gasteiger partial charge is 0.354 e. The van der Waals surface area contributed by atoms with Crippen molar-refractivity contribution < 1.29 is 9.59 Å². The molecule has 2 N–H and O–H groups in total. The Morgan fingerprint density at radius 1 is 1.24 bits per heavy atom. The number of hydrogen-bond acceptors (Lipinski definition) is 2. The molecule has 1 aliphatic heterocycles. The third kappa shape index (κ3) is 2.86. The molecule has 3 aromatic rings. The third-order valence-corrected chi connectivity index (χ3v) is 4.89. The molecule has 0 saturated carbocycles. The summed E-state index contributed by atoms with van der Waals surface area (Å²) in [4.78, 5) is 28.9. The van der Waals surface area contributed by atoms with Gasteiger partial charge in [-0.25, -0.2) is 0 Å². The number of aromatic nitrogens is 1. The third-order valence-electron chi connectivity index (χ3n) is 4.89. The van der Waals surface area contributed by atoms with E-state index in [1.807, 2.05) is 18.2 Å². The predicted octanol–water partition coefficient (Wildman–Crippen LogP) is 3.44. The molecule has 0 aliphatic carbocycles. The van der Waals surface area contributed by atoms with Crippen LogP contribution >= 0.6 is 0 Å². The van der Waals surface area contributed by atoms with Gasteiger partial charge in [0, 0.05) is 40.5 Å². The Morgan fingerprint density at radius 3 is 2.88 bits per heavy atom. The molecule has 0 radical (unpaired) electrons. The number of hydrogen-bond donors (Lipinski definition) is 2. The molecule has 1 aromatic heterocycles. The fraction of sp³-hybridized carbons (Fsp3) is 0.300. The van der Waals surface area contributed by atoms with Gasteiger partial charge in [-0.3, -0.25) is 9.59 Å². The van der Waals surface area contributed by atoms with Gasteiger partial charge in [0.2, 0.25) is 11.8 Å². The molecule has 0 bridgehead atoms. The number of amides is 2. The average molecular weight is 335 g/mol. The van der Waals surface area contributed by atoms with E-state index in [9.17, 15) is 9.59 Å². The van der Waals surface area contributed by atoms with E-state index >= 15 is 0 Å². The smallest absolute Gasteiger partial charge is 0.243 e. The highest BCUT2D eigenvalue weighted by molar-refractivity contribution is 6.09. The fourth-order valence-electron chi connectivity index (χ4n) is 3.61. The van der Waals surface area contributed by atoms with Crippen molar-refractivity contribution in [2.75, 3.05) is 18.4 Å². The highest BCUT2D eigenvalue weighted by atomic mass is 16.2. The van der Waals surface area contributed by atoms with E-state index in [1.54, 1.807) is 4.90 Å². The van der Waals surface area contributed by atoms with Crippen molar-refractivity contribution in [3.05, 3.63) is 42.0 Å². The summed E-state index contributed by atoms with van der Waals surface area (Å²) in [5.74, 6) is -0.0896. The average Bonchev–Trinajstić information content (AvgIpc) is 3.17. The summed E-state index contributed by atoms with van der Waals surface area (Å²) in [6, 6.07) is 12.2. The molecule has 25 heavy (non-hydrogen) atoms. The molecule has 0 atom stereocenters. The lowest BCUT2D eigenvalue weighted by atomic mass is 10.1. The Balaban J connectivity index is 1.59. The first-order chi connectivity index (χ1) is 12.2. The van der Waals surface area contributed by atoms with E-state index < -0.39 is 0 Å². The van der Waals surface area contributed by atoms with Crippen LogP contribution in [0.4, 0.5) is 5.69 Å². The summed E-state index contributed by atoms with van der Waals surface area (Å²) >= 11 is 0. The van der Waals surface area contributed by atoms with Crippen LogP contribution in [0.15, 0.2) is 36.4 Å². The maximum Gasteiger partial charge on any atom is 0.243 e. The van der Waals surface area contributed by atoms with Gasteiger partial charge in [0.15, 0.2) is 0 Å². The van der Waals surface area contributed by atoms with Gasteiger partial charge >= 0.3 is 0 Å². The Morgan fingerprint density at radius 2 is 2.12 bits per heavy atom. The molecule has 5 nitrogen and oxygen atoms in total. The quantitative estimate of drug-likeness (QED) is 0.767. The maximum absolute atomic E-state index is 12.2. The zero-order valence-electron chi connectivity index (χ0n) is 14.3. The van der Waals surface area contributed by atoms with E-state index in [-0.39, 0.29) is 18.4 Å². The number of benzene rings is 2. The van der Waals surface area contributed by atoms with Gasteiger partial charge in [-0.2, -0.15) is 0 Å². The molecule has 1 fully saturated rings. The van der Waals surface area contributed by atoms with E-state index in [0.717, 1.165) is 34.9 Å². The van der Waals surface area contributed by atoms with Crippen molar-refractivity contribution in [2.45, 2.75) is 26.2 Å². The maximum atomic E-state index is 12.2. The van der Waals surface area contributed by atoms with Crippen LogP contribution in [0.2, 0.25) is 0 Å². The van der Waals surface area contributed by atoms with Gasteiger partial charge in [0.05, 0.1) is 6.54 Å². The normalized spacial score (nSPS) is 14.6. The van der Waals surface area contributed by atoms with Crippen LogP contribution < -0.4 is 5.32 Å². The summed E-state index contributed by atoms with van der Waals surface area (Å²) in [5.41, 5.74) is 4.19. The number of nitrogens with one attached hydrogen (secondary N) is 2. The van der Waals surface area contributed by atoms with Crippen molar-refractivity contribution in [2.24, 2.45) is 0 Å². The number of aryl methyl sites for hydroxylation is 1. The fourth-order valence-corrected chi connectivity index (χ4v) is 3.61. The number of nitrogens with zero attached hydrogens (tertiary/aromatic N) is 1. The monoisotopic (exact) mass is 335 g/mol. The van der Waals surface area contributed by atoms with Crippen molar-refractivity contribution in [3.63, 3.8) is 0 Å². The number of H-pyrrole nitrogens is 1. The minimum Gasteiger partial charge on any atom is -0.354 e. The highest BCUT2D eigenvalue weighted by Gasteiger charge is 2.22. The van der Waals surface area contributed by atoms with E-state index in [2.05, 4.69) is 35.4 Å². The number of likely N-dealkylation sites (tertiary alicyclic amines) is 1. The minimum absolute atomic E-state index is 0.0633. The Hall–Kier alpha value is -2.82. The molecule has 5 heteroatoms. The number of fused-ring (bicyclic) bond motifs is 3. The summed E-state index contributed by atoms with van der Waals surface area (Å²) < 4.78 is 0. The predicted molar refractivity (Wildman–Crippen MR) is 99.6 cm³/mol. The first kappa shape index (κ1) is 15.7. The Bertz CT molecular complexity index is 974. The number of aromatic amines is 1. The number of para-hydroxylation sites is 1. The van der Waals surface area contributed by atoms with Gasteiger partial charge in [-0.05, 0) is 30.5 Å². The van der Waals surface area contributed by atoms with E-state index in [4.69, 9.17) is 0 Å². The second kappa shape index (κ2) is 6.24. The van der Waals surface area contributed by atoms with Crippen LogP contribution in [0.3, 0.4) is 0 Å². The molecule has 128 valence electrons. The topological polar surface area (TPSA) is 65.2 Å². The second-order valence-corrected chi connectivity index (χ2v) is 6.55. The van der Waals surface area contributed by atoms with Crippen LogP contribution in [-0.2, 0) is 16.0 Å². The minimum atomic E-state index is -0.153. The van der Waals surface area contributed by atoms with E-state index in [0.29, 0.717) is 13.0 Å². The molecule has 1 saturated heterocycles. The SMILES string of the molecule is CCc1cccc2c1[nH]c1cc(NC(=O)CN3CCCC3=O)ccc12. The lowest BCUT2D eigenvalue weighted by Crippen LogP contribution is -2.33. The first-order valence-electron chi connectivity index (χ1n) is 8.76. The van der Waals surface area contributed by atoms with Gasteiger partial charge in [0.25, 0.3) is 0 Å². The zero-order valence-corrected chi connectivity index (χ0v) is 14.3. The van der Waals surface area contributed by atoms with Crippen LogP contribution in [0.1, 0.15) is 25.3 Å². The van der Waals surface area contributed by atoms with Crippen molar-refractivity contribution in [1.82, 2.24) is 9.88 Å². The standard InChI is InChI=1S/C20H21N3O2/c1-2-13-5-3-6-16-15-9-8-14(11-17(15)22-20(13)16)21-18(24)12-23-10-4-7-19(23)25/h3,5-6,8-9,11,22H,2,4,7,10,12H2,1H3,(H,21,24). The van der Waals surface area contributed by atoms with Crippen molar-refractivity contribution in [3.8, 4) is 0 Å². The van der Waals surface area contributed by atoms with Gasteiger partial charge in [0.1, 0.15) is 0 Å². The molecule has 2 heterocycles. The zero-order chi connectivity index (χ0) is 17.4. The molecule has 0 spiro atoms. The van der Waals surface area contributed by atoms with E-state index in [1.165, 1.54) is 10.9 Å². The molecular formula is C20H21N3O2. The lowest BCUT2D eigenvalue weighted by Gasteiger charge is -2.14. The van der Waals surface area contributed by atoms with Crippen molar-refractivity contribution in [1.29, 1.82) is 0 Å². The lowest BCUT2D eigenvalue weighted by molar-refractivity contribution is -0.131. The van der Waals surface area contributed by atoms with Gasteiger partial charge < -0.3 is 15.2 Å². The summed E-state index contributed by atoms with van der Waals surface area (Å²) in [6.45, 7) is 2.95. The Kier molecular flexibility index (Phi) is 3.92. The summed E-state index contributed by atoms with van der Waals surface area (Å²) in [7, 11) is 0. The van der Waals surface area contributed by atoms with Gasteiger partial charge in [-0.15, -0.1) is 0 Å². The summed E-state index contributed by atoms with van der Waals surface area (Å²) in [5, 5.41) is 5.26. The first-order valence-corrected chi connectivity index (χ1v) is 8.76. The van der Waals surface area contributed by atoms with Crippen LogP contribution in [0.25, 0.3) is 21.8 Å². The second-order valence-electron chi connectivity index (χ2n) is 6.55. The molecule has 0 unspecified atom stereocenters. The number of carbonyl (C=O) groups excluding carboxylic acids is 2. The molecule has 2 amide bonds. The molecule has 1 aliphatic rings.